The lowest BCUT2D eigenvalue weighted by Gasteiger charge is -2.24. The highest BCUT2D eigenvalue weighted by molar-refractivity contribution is 6.12. The lowest BCUT2D eigenvalue weighted by Crippen LogP contribution is -2.10. The second kappa shape index (κ2) is 10.7. The van der Waals surface area contributed by atoms with Gasteiger partial charge < -0.3 is 8.83 Å². The second-order valence-corrected chi connectivity index (χ2v) is 14.3. The molecule has 5 aromatic carbocycles. The van der Waals surface area contributed by atoms with Crippen molar-refractivity contribution in [1.29, 1.82) is 0 Å². The standard InChI is InChI=1S/C42H39N3O2/c1-24(2)30-20-27(26-14-9-8-10-15-26)21-31(25(3)4)38(30)45-35-19-12-11-18-33(35)43-40(45)29-17-13-16-28-32-22-37-34(23-36(32)46-39(28)29)44-41(47-37)42(5,6)7/h8-25H,1-7H3. The summed E-state index contributed by atoms with van der Waals surface area (Å²) in [7, 11) is 0. The fourth-order valence-corrected chi connectivity index (χ4v) is 6.76. The molecule has 0 fully saturated rings. The van der Waals surface area contributed by atoms with Crippen LogP contribution in [0.2, 0.25) is 0 Å². The van der Waals surface area contributed by atoms with E-state index >= 15 is 0 Å². The molecule has 3 aromatic heterocycles. The van der Waals surface area contributed by atoms with E-state index in [0.29, 0.717) is 0 Å². The molecule has 0 bridgehead atoms. The molecule has 0 atom stereocenters. The Hall–Kier alpha value is -5.16. The van der Waals surface area contributed by atoms with Crippen LogP contribution in [-0.2, 0) is 5.41 Å². The van der Waals surface area contributed by atoms with Crippen LogP contribution in [0.3, 0.4) is 0 Å². The molecule has 5 heteroatoms. The Bertz CT molecular complexity index is 2420. The number of oxazole rings is 1. The fraction of sp³-hybridized carbons (Fsp3) is 0.238. The van der Waals surface area contributed by atoms with Crippen LogP contribution in [0.5, 0.6) is 0 Å². The molecule has 8 rings (SSSR count). The molecule has 0 saturated heterocycles. The number of aromatic nitrogens is 3. The lowest BCUT2D eigenvalue weighted by atomic mass is 9.88. The Kier molecular flexibility index (Phi) is 6.66. The topological polar surface area (TPSA) is 57.0 Å². The molecule has 3 heterocycles. The molecular formula is C42H39N3O2. The van der Waals surface area contributed by atoms with Crippen molar-refractivity contribution in [3.63, 3.8) is 0 Å². The number of rotatable bonds is 5. The van der Waals surface area contributed by atoms with Crippen LogP contribution in [-0.4, -0.2) is 14.5 Å². The first-order valence-corrected chi connectivity index (χ1v) is 16.6. The van der Waals surface area contributed by atoms with Crippen molar-refractivity contribution in [3.05, 3.63) is 114 Å². The second-order valence-electron chi connectivity index (χ2n) is 14.3. The Morgan fingerprint density at radius 3 is 2.02 bits per heavy atom. The van der Waals surface area contributed by atoms with Gasteiger partial charge in [-0.1, -0.05) is 103 Å². The third-order valence-corrected chi connectivity index (χ3v) is 9.19. The van der Waals surface area contributed by atoms with Crippen LogP contribution in [0.15, 0.2) is 106 Å². The molecule has 0 N–H and O–H groups in total. The van der Waals surface area contributed by atoms with Gasteiger partial charge in [-0.05, 0) is 70.5 Å². The molecule has 0 aliphatic heterocycles. The molecule has 0 saturated carbocycles. The zero-order valence-electron chi connectivity index (χ0n) is 28.1. The van der Waals surface area contributed by atoms with Gasteiger partial charge in [-0.3, -0.25) is 4.57 Å². The van der Waals surface area contributed by atoms with Gasteiger partial charge in [-0.15, -0.1) is 0 Å². The monoisotopic (exact) mass is 617 g/mol. The maximum atomic E-state index is 6.73. The van der Waals surface area contributed by atoms with Gasteiger partial charge >= 0.3 is 0 Å². The minimum atomic E-state index is -0.183. The maximum Gasteiger partial charge on any atom is 0.200 e. The van der Waals surface area contributed by atoms with Gasteiger partial charge in [-0.25, -0.2) is 9.97 Å². The van der Waals surface area contributed by atoms with Gasteiger partial charge in [0.15, 0.2) is 5.58 Å². The van der Waals surface area contributed by atoms with Crippen LogP contribution in [0, 0.1) is 0 Å². The van der Waals surface area contributed by atoms with Crippen LogP contribution in [0.25, 0.3) is 72.3 Å². The Labute approximate surface area is 274 Å². The van der Waals surface area contributed by atoms with Crippen molar-refractivity contribution in [1.82, 2.24) is 14.5 Å². The van der Waals surface area contributed by atoms with E-state index < -0.39 is 0 Å². The summed E-state index contributed by atoms with van der Waals surface area (Å²) in [5.41, 5.74) is 12.2. The summed E-state index contributed by atoms with van der Waals surface area (Å²) in [6, 6.07) is 34.3. The van der Waals surface area contributed by atoms with Gasteiger partial charge in [0.05, 0.1) is 22.3 Å². The molecule has 234 valence electrons. The largest absolute Gasteiger partial charge is 0.455 e. The highest BCUT2D eigenvalue weighted by Crippen LogP contribution is 2.43. The predicted molar refractivity (Wildman–Crippen MR) is 194 cm³/mol. The summed E-state index contributed by atoms with van der Waals surface area (Å²) in [4.78, 5) is 10.1. The number of hydrogen-bond donors (Lipinski definition) is 0. The van der Waals surface area contributed by atoms with Crippen molar-refractivity contribution in [2.75, 3.05) is 0 Å². The Morgan fingerprint density at radius 1 is 0.617 bits per heavy atom. The van der Waals surface area contributed by atoms with Crippen molar-refractivity contribution in [2.24, 2.45) is 0 Å². The molecule has 0 aliphatic rings. The average molecular weight is 618 g/mol. The summed E-state index contributed by atoms with van der Waals surface area (Å²) in [6.45, 7) is 15.5. The third kappa shape index (κ3) is 4.75. The molecule has 0 amide bonds. The summed E-state index contributed by atoms with van der Waals surface area (Å²) < 4.78 is 15.3. The van der Waals surface area contributed by atoms with Crippen LogP contribution < -0.4 is 0 Å². The van der Waals surface area contributed by atoms with E-state index in [1.54, 1.807) is 0 Å². The van der Waals surface area contributed by atoms with Crippen molar-refractivity contribution >= 4 is 44.1 Å². The van der Waals surface area contributed by atoms with E-state index in [1.807, 2.05) is 6.07 Å². The molecule has 0 aliphatic carbocycles. The number of para-hydroxylation sites is 3. The van der Waals surface area contributed by atoms with Gasteiger partial charge in [0, 0.05) is 22.3 Å². The van der Waals surface area contributed by atoms with Crippen LogP contribution in [0.1, 0.15) is 77.3 Å². The number of hydrogen-bond acceptors (Lipinski definition) is 4. The third-order valence-electron chi connectivity index (χ3n) is 9.19. The molecule has 0 spiro atoms. The molecule has 5 nitrogen and oxygen atoms in total. The van der Waals surface area contributed by atoms with Gasteiger partial charge in [-0.2, -0.15) is 0 Å². The highest BCUT2D eigenvalue weighted by Gasteiger charge is 2.26. The number of nitrogens with zero attached hydrogens (tertiary/aromatic N) is 3. The summed E-state index contributed by atoms with van der Waals surface area (Å²) in [5, 5.41) is 2.03. The smallest absolute Gasteiger partial charge is 0.200 e. The summed E-state index contributed by atoms with van der Waals surface area (Å²) >= 11 is 0. The van der Waals surface area contributed by atoms with Gasteiger partial charge in [0.25, 0.3) is 0 Å². The fourth-order valence-electron chi connectivity index (χ4n) is 6.76. The SMILES string of the molecule is CC(C)c1cc(-c2ccccc2)cc(C(C)C)c1-n1c(-c2cccc3c2oc2cc4nc(C(C)(C)C)oc4cc23)nc2ccccc21. The van der Waals surface area contributed by atoms with Crippen LogP contribution in [0.4, 0.5) is 0 Å². The van der Waals surface area contributed by atoms with Gasteiger partial charge in [0.2, 0.25) is 5.89 Å². The predicted octanol–water partition coefficient (Wildman–Crippen LogP) is 11.9. The Balaban J connectivity index is 1.42. The lowest BCUT2D eigenvalue weighted by molar-refractivity contribution is 0.411. The molecule has 0 radical (unpaired) electrons. The van der Waals surface area contributed by atoms with E-state index in [1.165, 1.54) is 27.9 Å². The minimum Gasteiger partial charge on any atom is -0.455 e. The van der Waals surface area contributed by atoms with Crippen molar-refractivity contribution in [3.8, 4) is 28.2 Å². The minimum absolute atomic E-state index is 0.183. The average Bonchev–Trinajstić information content (AvgIpc) is 3.76. The normalized spacial score (nSPS) is 12.5. The van der Waals surface area contributed by atoms with E-state index in [4.69, 9.17) is 18.8 Å². The number of imidazole rings is 1. The van der Waals surface area contributed by atoms with Crippen LogP contribution >= 0.6 is 0 Å². The van der Waals surface area contributed by atoms with Crippen molar-refractivity contribution in [2.45, 2.75) is 65.7 Å². The quantitative estimate of drug-likeness (QED) is 0.193. The maximum absolute atomic E-state index is 6.73. The van der Waals surface area contributed by atoms with Gasteiger partial charge in [0.1, 0.15) is 22.5 Å². The zero-order chi connectivity index (χ0) is 32.6. The summed E-state index contributed by atoms with van der Waals surface area (Å²) in [5.74, 6) is 2.15. The first kappa shape index (κ1) is 29.3. The van der Waals surface area contributed by atoms with E-state index in [2.05, 4.69) is 144 Å². The molecule has 0 unspecified atom stereocenters. The zero-order valence-corrected chi connectivity index (χ0v) is 28.1. The first-order chi connectivity index (χ1) is 22.6. The molecule has 8 aromatic rings. The molecule has 47 heavy (non-hydrogen) atoms. The molecular weight excluding hydrogens is 578 g/mol. The van der Waals surface area contributed by atoms with E-state index in [9.17, 15) is 0 Å². The number of furan rings is 1. The number of fused-ring (bicyclic) bond motifs is 5. The number of benzene rings is 5. The van der Waals surface area contributed by atoms with E-state index in [-0.39, 0.29) is 17.3 Å². The highest BCUT2D eigenvalue weighted by atomic mass is 16.4. The van der Waals surface area contributed by atoms with E-state index in [0.717, 1.165) is 61.4 Å². The summed E-state index contributed by atoms with van der Waals surface area (Å²) in [6.07, 6.45) is 0. The van der Waals surface area contributed by atoms with Crippen molar-refractivity contribution < 1.29 is 8.83 Å². The Morgan fingerprint density at radius 2 is 1.32 bits per heavy atom. The first-order valence-electron chi connectivity index (χ1n) is 16.6.